The Balaban J connectivity index is 2.50. The Labute approximate surface area is 72.3 Å². The van der Waals surface area contributed by atoms with Crippen molar-refractivity contribution in [2.24, 2.45) is 7.05 Å². The molecule has 0 bridgehead atoms. The molecule has 0 aliphatic heterocycles. The molecule has 0 atom stereocenters. The molecule has 1 aromatic rings. The molecule has 0 spiro atoms. The molecule has 4 heteroatoms. The summed E-state index contributed by atoms with van der Waals surface area (Å²) in [6, 6.07) is 0. The molecular formula is C8H14N4. The second-order valence-corrected chi connectivity index (χ2v) is 2.62. The maximum Gasteiger partial charge on any atom is 0.147 e. The lowest BCUT2D eigenvalue weighted by atomic mass is 10.5. The van der Waals surface area contributed by atoms with Gasteiger partial charge < -0.3 is 5.32 Å². The Kier molecular flexibility index (Phi) is 2.99. The molecule has 1 aromatic heterocycles. The van der Waals surface area contributed by atoms with Crippen molar-refractivity contribution >= 4 is 0 Å². The molecule has 4 nitrogen and oxygen atoms in total. The van der Waals surface area contributed by atoms with Gasteiger partial charge in [-0.15, -0.1) is 6.58 Å². The smallest absolute Gasteiger partial charge is 0.147 e. The fourth-order valence-electron chi connectivity index (χ4n) is 0.996. The van der Waals surface area contributed by atoms with Gasteiger partial charge >= 0.3 is 0 Å². The second kappa shape index (κ2) is 4.01. The number of nitrogens with one attached hydrogen (secondary N) is 1. The fraction of sp³-hybridized carbons (Fsp3) is 0.500. The highest BCUT2D eigenvalue weighted by Gasteiger charge is 2.01. The number of hydrogen-bond acceptors (Lipinski definition) is 3. The van der Waals surface area contributed by atoms with Crippen LogP contribution >= 0.6 is 0 Å². The topological polar surface area (TPSA) is 42.7 Å². The molecular weight excluding hydrogens is 152 g/mol. The summed E-state index contributed by atoms with van der Waals surface area (Å²) in [5, 5.41) is 7.29. The molecule has 0 amide bonds. The van der Waals surface area contributed by atoms with E-state index in [9.17, 15) is 0 Å². The Bertz CT molecular complexity index is 264. The van der Waals surface area contributed by atoms with Crippen molar-refractivity contribution in [3.63, 3.8) is 0 Å². The highest BCUT2D eigenvalue weighted by atomic mass is 15.3. The number of rotatable bonds is 4. The molecule has 0 saturated heterocycles. The maximum atomic E-state index is 4.24. The van der Waals surface area contributed by atoms with Crippen molar-refractivity contribution < 1.29 is 0 Å². The predicted molar refractivity (Wildman–Crippen MR) is 47.6 cm³/mol. The lowest BCUT2D eigenvalue weighted by molar-refractivity contribution is 0.641. The zero-order valence-corrected chi connectivity index (χ0v) is 7.54. The van der Waals surface area contributed by atoms with E-state index in [-0.39, 0.29) is 0 Å². The van der Waals surface area contributed by atoms with Crippen LogP contribution < -0.4 is 5.32 Å². The van der Waals surface area contributed by atoms with E-state index in [1.165, 1.54) is 0 Å². The van der Waals surface area contributed by atoms with Gasteiger partial charge in [0, 0.05) is 13.6 Å². The van der Waals surface area contributed by atoms with Gasteiger partial charge in [0.25, 0.3) is 0 Å². The molecule has 0 aliphatic rings. The fourth-order valence-corrected chi connectivity index (χ4v) is 0.996. The quantitative estimate of drug-likeness (QED) is 0.520. The standard InChI is InChI=1S/C8H14N4/c1-4-5-9-6-8-10-7(2)11-12(8)3/h4,9H,1,5-6H2,2-3H3. The van der Waals surface area contributed by atoms with Gasteiger partial charge in [-0.1, -0.05) is 6.08 Å². The number of nitrogens with zero attached hydrogens (tertiary/aromatic N) is 3. The van der Waals surface area contributed by atoms with Gasteiger partial charge in [0.05, 0.1) is 6.54 Å². The van der Waals surface area contributed by atoms with Crippen molar-refractivity contribution in [1.82, 2.24) is 20.1 Å². The van der Waals surface area contributed by atoms with Crippen LogP contribution in [0.1, 0.15) is 11.6 Å². The minimum atomic E-state index is 0.739. The molecule has 66 valence electrons. The Morgan fingerprint density at radius 2 is 2.42 bits per heavy atom. The maximum absolute atomic E-state index is 4.24. The van der Waals surface area contributed by atoms with E-state index in [1.54, 1.807) is 4.68 Å². The number of aryl methyl sites for hydroxylation is 2. The van der Waals surface area contributed by atoms with Crippen LogP contribution in [0.25, 0.3) is 0 Å². The number of aromatic nitrogens is 3. The Morgan fingerprint density at radius 1 is 1.67 bits per heavy atom. The summed E-state index contributed by atoms with van der Waals surface area (Å²) in [5.74, 6) is 1.77. The first-order chi connectivity index (χ1) is 5.74. The van der Waals surface area contributed by atoms with Crippen molar-refractivity contribution in [1.29, 1.82) is 0 Å². The highest BCUT2D eigenvalue weighted by Crippen LogP contribution is 1.93. The van der Waals surface area contributed by atoms with Crippen LogP contribution in [-0.2, 0) is 13.6 Å². The van der Waals surface area contributed by atoms with Crippen molar-refractivity contribution in [3.05, 3.63) is 24.3 Å². The molecule has 0 aliphatic carbocycles. The molecule has 1 N–H and O–H groups in total. The van der Waals surface area contributed by atoms with Gasteiger partial charge in [-0.05, 0) is 6.92 Å². The summed E-state index contributed by atoms with van der Waals surface area (Å²) in [5.41, 5.74) is 0. The van der Waals surface area contributed by atoms with Crippen LogP contribution in [0.4, 0.5) is 0 Å². The van der Waals surface area contributed by atoms with Gasteiger partial charge in [0.2, 0.25) is 0 Å². The van der Waals surface area contributed by atoms with Gasteiger partial charge in [-0.3, -0.25) is 4.68 Å². The van der Waals surface area contributed by atoms with Gasteiger partial charge in [0.15, 0.2) is 0 Å². The normalized spacial score (nSPS) is 10.2. The van der Waals surface area contributed by atoms with Gasteiger partial charge in [-0.25, -0.2) is 4.98 Å². The molecule has 0 fully saturated rings. The monoisotopic (exact) mass is 166 g/mol. The van der Waals surface area contributed by atoms with E-state index in [0.717, 1.165) is 24.7 Å². The highest BCUT2D eigenvalue weighted by molar-refractivity contribution is 4.90. The van der Waals surface area contributed by atoms with Crippen molar-refractivity contribution in [2.45, 2.75) is 13.5 Å². The first-order valence-electron chi connectivity index (χ1n) is 3.92. The SMILES string of the molecule is C=CCNCc1nc(C)nn1C. The summed E-state index contributed by atoms with van der Waals surface area (Å²) in [6.45, 7) is 7.04. The third kappa shape index (κ3) is 2.17. The summed E-state index contributed by atoms with van der Waals surface area (Å²) < 4.78 is 1.78. The molecule has 12 heavy (non-hydrogen) atoms. The first kappa shape index (κ1) is 8.93. The van der Waals surface area contributed by atoms with E-state index in [0.29, 0.717) is 0 Å². The van der Waals surface area contributed by atoms with E-state index in [2.05, 4.69) is 22.0 Å². The lowest BCUT2D eigenvalue weighted by Gasteiger charge is -1.99. The van der Waals surface area contributed by atoms with Gasteiger partial charge in [0.1, 0.15) is 11.6 Å². The van der Waals surface area contributed by atoms with Crippen LogP contribution in [-0.4, -0.2) is 21.3 Å². The molecule has 0 radical (unpaired) electrons. The molecule has 0 saturated carbocycles. The second-order valence-electron chi connectivity index (χ2n) is 2.62. The molecule has 1 rings (SSSR count). The van der Waals surface area contributed by atoms with E-state index < -0.39 is 0 Å². The molecule has 0 unspecified atom stereocenters. The third-order valence-corrected chi connectivity index (χ3v) is 1.53. The van der Waals surface area contributed by atoms with Gasteiger partial charge in [-0.2, -0.15) is 5.10 Å². The van der Waals surface area contributed by atoms with Crippen LogP contribution in [0.2, 0.25) is 0 Å². The van der Waals surface area contributed by atoms with Crippen LogP contribution in [0.3, 0.4) is 0 Å². The van der Waals surface area contributed by atoms with E-state index in [1.807, 2.05) is 20.0 Å². The zero-order valence-electron chi connectivity index (χ0n) is 7.54. The molecule has 0 aromatic carbocycles. The lowest BCUT2D eigenvalue weighted by Crippen LogP contribution is -2.16. The van der Waals surface area contributed by atoms with Crippen molar-refractivity contribution in [3.8, 4) is 0 Å². The first-order valence-corrected chi connectivity index (χ1v) is 3.92. The van der Waals surface area contributed by atoms with Crippen LogP contribution in [0.5, 0.6) is 0 Å². The largest absolute Gasteiger partial charge is 0.306 e. The minimum absolute atomic E-state index is 0.739. The Morgan fingerprint density at radius 3 is 2.92 bits per heavy atom. The number of hydrogen-bond donors (Lipinski definition) is 1. The average Bonchev–Trinajstić information content (AvgIpc) is 2.31. The van der Waals surface area contributed by atoms with Crippen LogP contribution in [0, 0.1) is 6.92 Å². The molecule has 1 heterocycles. The summed E-state index contributed by atoms with van der Waals surface area (Å²) in [7, 11) is 1.89. The minimum Gasteiger partial charge on any atom is -0.306 e. The average molecular weight is 166 g/mol. The summed E-state index contributed by atoms with van der Waals surface area (Å²) in [4.78, 5) is 4.24. The van der Waals surface area contributed by atoms with E-state index in [4.69, 9.17) is 0 Å². The van der Waals surface area contributed by atoms with Crippen molar-refractivity contribution in [2.75, 3.05) is 6.54 Å². The van der Waals surface area contributed by atoms with Crippen LogP contribution in [0.15, 0.2) is 12.7 Å². The Hall–Kier alpha value is -1.16. The summed E-state index contributed by atoms with van der Waals surface area (Å²) in [6.07, 6.45) is 1.82. The zero-order chi connectivity index (χ0) is 8.97. The predicted octanol–water partition coefficient (Wildman–Crippen LogP) is 0.399. The third-order valence-electron chi connectivity index (χ3n) is 1.53. The summed E-state index contributed by atoms with van der Waals surface area (Å²) >= 11 is 0. The van der Waals surface area contributed by atoms with E-state index >= 15 is 0 Å².